The third kappa shape index (κ3) is 2.30. The number of rotatable bonds is 3. The van der Waals surface area contributed by atoms with Crippen LogP contribution >= 0.6 is 0 Å². The fraction of sp³-hybridized carbons (Fsp3) is 0.786. The predicted octanol–water partition coefficient (Wildman–Crippen LogP) is 1.19. The average Bonchev–Trinajstić information content (AvgIpc) is 3.03. The van der Waals surface area contributed by atoms with E-state index in [1.165, 1.54) is 0 Å². The van der Waals surface area contributed by atoms with Gasteiger partial charge in [-0.25, -0.2) is 4.98 Å². The Morgan fingerprint density at radius 1 is 1.58 bits per heavy atom. The topological polar surface area (TPSA) is 50.5 Å². The Labute approximate surface area is 114 Å². The molecular weight excluding hydrogens is 242 g/mol. The van der Waals surface area contributed by atoms with Gasteiger partial charge < -0.3 is 14.4 Å². The van der Waals surface area contributed by atoms with Crippen molar-refractivity contribution in [3.63, 3.8) is 0 Å². The smallest absolute Gasteiger partial charge is 0.123 e. The first-order chi connectivity index (χ1) is 9.11. The van der Waals surface area contributed by atoms with Crippen LogP contribution in [0.3, 0.4) is 0 Å². The number of ether oxygens (including phenoxy) is 1. The van der Waals surface area contributed by atoms with E-state index in [2.05, 4.69) is 28.3 Å². The van der Waals surface area contributed by atoms with Crippen LogP contribution in [0.2, 0.25) is 0 Å². The molecule has 5 heteroatoms. The summed E-state index contributed by atoms with van der Waals surface area (Å²) in [5.41, 5.74) is -0.310. The number of likely N-dealkylation sites (tertiary alicyclic amines) is 1. The van der Waals surface area contributed by atoms with Gasteiger partial charge in [-0.3, -0.25) is 4.90 Å². The van der Waals surface area contributed by atoms with Gasteiger partial charge in [0.25, 0.3) is 0 Å². The van der Waals surface area contributed by atoms with Crippen molar-refractivity contribution in [2.24, 2.45) is 0 Å². The van der Waals surface area contributed by atoms with E-state index in [0.29, 0.717) is 12.6 Å². The molecule has 106 valence electrons. The summed E-state index contributed by atoms with van der Waals surface area (Å²) in [6.07, 6.45) is 5.55. The molecule has 1 spiro atoms. The molecule has 2 atom stereocenters. The molecule has 0 aromatic carbocycles. The number of aromatic nitrogens is 2. The van der Waals surface area contributed by atoms with Crippen molar-refractivity contribution in [2.75, 3.05) is 19.7 Å². The van der Waals surface area contributed by atoms with Gasteiger partial charge in [0.15, 0.2) is 0 Å². The molecule has 3 heterocycles. The minimum Gasteiger partial charge on any atom is -0.389 e. The third-order valence-electron chi connectivity index (χ3n) is 4.33. The first-order valence-electron chi connectivity index (χ1n) is 7.17. The second kappa shape index (κ2) is 4.89. The summed E-state index contributed by atoms with van der Waals surface area (Å²) >= 11 is 0. The van der Waals surface area contributed by atoms with Gasteiger partial charge in [0.2, 0.25) is 0 Å². The van der Waals surface area contributed by atoms with Gasteiger partial charge in [-0.1, -0.05) is 0 Å². The van der Waals surface area contributed by atoms with E-state index < -0.39 is 0 Å². The molecule has 0 radical (unpaired) electrons. The molecule has 19 heavy (non-hydrogen) atoms. The van der Waals surface area contributed by atoms with Gasteiger partial charge in [-0.05, 0) is 26.7 Å². The van der Waals surface area contributed by atoms with E-state index in [-0.39, 0.29) is 11.7 Å². The maximum Gasteiger partial charge on any atom is 0.123 e. The maximum absolute atomic E-state index is 10.3. The Kier molecular flexibility index (Phi) is 3.37. The first-order valence-corrected chi connectivity index (χ1v) is 7.17. The molecule has 0 aliphatic carbocycles. The van der Waals surface area contributed by atoms with Crippen molar-refractivity contribution in [3.8, 4) is 0 Å². The van der Waals surface area contributed by atoms with Crippen LogP contribution in [0.5, 0.6) is 0 Å². The van der Waals surface area contributed by atoms with Crippen molar-refractivity contribution in [1.82, 2.24) is 14.5 Å². The van der Waals surface area contributed by atoms with E-state index in [4.69, 9.17) is 4.74 Å². The molecule has 3 rings (SSSR count). The van der Waals surface area contributed by atoms with E-state index in [1.807, 2.05) is 12.4 Å². The highest BCUT2D eigenvalue weighted by Gasteiger charge is 2.49. The highest BCUT2D eigenvalue weighted by atomic mass is 16.5. The third-order valence-corrected chi connectivity index (χ3v) is 4.33. The number of nitrogens with zero attached hydrogens (tertiary/aromatic N) is 3. The number of hydrogen-bond donors (Lipinski definition) is 1. The molecule has 2 aliphatic heterocycles. The zero-order valence-electron chi connectivity index (χ0n) is 11.7. The molecule has 0 amide bonds. The lowest BCUT2D eigenvalue weighted by Gasteiger charge is -2.25. The first kappa shape index (κ1) is 13.1. The van der Waals surface area contributed by atoms with Crippen LogP contribution in [0.4, 0.5) is 0 Å². The Hall–Kier alpha value is -0.910. The Bertz CT molecular complexity index is 438. The zero-order chi connectivity index (χ0) is 13.5. The highest BCUT2D eigenvalue weighted by Crippen LogP contribution is 2.35. The van der Waals surface area contributed by atoms with Gasteiger partial charge in [-0.15, -0.1) is 0 Å². The van der Waals surface area contributed by atoms with Gasteiger partial charge in [0, 0.05) is 38.1 Å². The molecule has 2 fully saturated rings. The molecule has 1 N–H and O–H groups in total. The molecule has 2 aliphatic rings. The summed E-state index contributed by atoms with van der Waals surface area (Å²) in [6.45, 7) is 7.39. The van der Waals surface area contributed by atoms with Gasteiger partial charge in [0.05, 0.1) is 12.6 Å². The molecule has 0 bridgehead atoms. The molecule has 1 aromatic heterocycles. The van der Waals surface area contributed by atoms with Crippen LogP contribution in [0, 0.1) is 0 Å². The minimum atomic E-state index is -0.363. The van der Waals surface area contributed by atoms with Gasteiger partial charge in [0.1, 0.15) is 11.4 Å². The van der Waals surface area contributed by atoms with Crippen molar-refractivity contribution in [1.29, 1.82) is 0 Å². The van der Waals surface area contributed by atoms with Crippen LogP contribution in [0.25, 0.3) is 0 Å². The Morgan fingerprint density at radius 3 is 3.11 bits per heavy atom. The number of aliphatic hydroxyl groups is 1. The lowest BCUT2D eigenvalue weighted by molar-refractivity contribution is -0.0594. The van der Waals surface area contributed by atoms with E-state index in [0.717, 1.165) is 38.4 Å². The second-order valence-corrected chi connectivity index (χ2v) is 6.05. The number of β-amino-alcohol motifs (C(OH)–C–C–N with tert-alkyl or cyclic N) is 1. The SMILES string of the molecule is CC(C)n1ccnc1CN1C[C@H](O)[C@]2(CCCO2)C1. The number of imidazole rings is 1. The lowest BCUT2D eigenvalue weighted by atomic mass is 9.97. The molecule has 5 nitrogen and oxygen atoms in total. The van der Waals surface area contributed by atoms with Crippen LogP contribution in [0.1, 0.15) is 38.6 Å². The molecule has 2 saturated heterocycles. The summed E-state index contributed by atoms with van der Waals surface area (Å²) in [4.78, 5) is 6.70. The largest absolute Gasteiger partial charge is 0.389 e. The second-order valence-electron chi connectivity index (χ2n) is 6.05. The molecule has 0 unspecified atom stereocenters. The Balaban J connectivity index is 1.70. The summed E-state index contributed by atoms with van der Waals surface area (Å²) in [5.74, 6) is 1.07. The standard InChI is InChI=1S/C14H23N3O2/c1-11(2)17-6-5-15-13(17)9-16-8-12(18)14(10-16)4-3-7-19-14/h5-6,11-12,18H,3-4,7-10H2,1-2H3/t12-,14-/m0/s1. The summed E-state index contributed by atoms with van der Waals surface area (Å²) < 4.78 is 8.01. The predicted molar refractivity (Wildman–Crippen MR) is 71.8 cm³/mol. The quantitative estimate of drug-likeness (QED) is 0.892. The summed E-state index contributed by atoms with van der Waals surface area (Å²) in [6, 6.07) is 0.418. The van der Waals surface area contributed by atoms with E-state index >= 15 is 0 Å². The summed E-state index contributed by atoms with van der Waals surface area (Å²) in [7, 11) is 0. The zero-order valence-corrected chi connectivity index (χ0v) is 11.7. The Morgan fingerprint density at radius 2 is 2.42 bits per heavy atom. The minimum absolute atomic E-state index is 0.310. The molecule has 1 aromatic rings. The summed E-state index contributed by atoms with van der Waals surface area (Å²) in [5, 5.41) is 10.3. The average molecular weight is 265 g/mol. The molecule has 0 saturated carbocycles. The van der Waals surface area contributed by atoms with Gasteiger partial charge in [-0.2, -0.15) is 0 Å². The van der Waals surface area contributed by atoms with Crippen molar-refractivity contribution < 1.29 is 9.84 Å². The fourth-order valence-corrected chi connectivity index (χ4v) is 3.32. The number of aliphatic hydroxyl groups excluding tert-OH is 1. The fourth-order valence-electron chi connectivity index (χ4n) is 3.32. The lowest BCUT2D eigenvalue weighted by Crippen LogP contribution is -2.40. The monoisotopic (exact) mass is 265 g/mol. The normalized spacial score (nSPS) is 31.9. The molecular formula is C14H23N3O2. The number of hydrogen-bond acceptors (Lipinski definition) is 4. The van der Waals surface area contributed by atoms with Crippen molar-refractivity contribution >= 4 is 0 Å². The highest BCUT2D eigenvalue weighted by molar-refractivity contribution is 5.04. The van der Waals surface area contributed by atoms with Crippen LogP contribution in [-0.4, -0.2) is 51.0 Å². The van der Waals surface area contributed by atoms with Crippen LogP contribution in [0.15, 0.2) is 12.4 Å². The van der Waals surface area contributed by atoms with Crippen molar-refractivity contribution in [3.05, 3.63) is 18.2 Å². The maximum atomic E-state index is 10.3. The van der Waals surface area contributed by atoms with E-state index in [9.17, 15) is 5.11 Å². The van der Waals surface area contributed by atoms with Gasteiger partial charge >= 0.3 is 0 Å². The van der Waals surface area contributed by atoms with Crippen LogP contribution < -0.4 is 0 Å². The van der Waals surface area contributed by atoms with E-state index in [1.54, 1.807) is 0 Å². The van der Waals surface area contributed by atoms with Crippen molar-refractivity contribution in [2.45, 2.75) is 51.0 Å². The van der Waals surface area contributed by atoms with Crippen LogP contribution in [-0.2, 0) is 11.3 Å².